The van der Waals surface area contributed by atoms with Gasteiger partial charge in [-0.2, -0.15) is 4.31 Å². The molecule has 0 amide bonds. The molecule has 7 nitrogen and oxygen atoms in total. The van der Waals surface area contributed by atoms with Crippen molar-refractivity contribution in [2.24, 2.45) is 0 Å². The minimum Gasteiger partial charge on any atom is -0.477 e. The number of sulfonamides is 1. The zero-order valence-electron chi connectivity index (χ0n) is 11.5. The maximum absolute atomic E-state index is 12.5. The molecule has 1 aliphatic heterocycles. The summed E-state index contributed by atoms with van der Waals surface area (Å²) in [5, 5.41) is 8.84. The summed E-state index contributed by atoms with van der Waals surface area (Å²) in [6.45, 7) is 0.906. The van der Waals surface area contributed by atoms with Crippen molar-refractivity contribution in [1.82, 2.24) is 14.2 Å². The summed E-state index contributed by atoms with van der Waals surface area (Å²) in [6, 6.07) is 1.35. The van der Waals surface area contributed by atoms with Crippen molar-refractivity contribution in [2.75, 3.05) is 27.2 Å². The number of aromatic amines is 1. The second-order valence-corrected chi connectivity index (χ2v) is 7.11. The maximum atomic E-state index is 12.5. The van der Waals surface area contributed by atoms with Crippen molar-refractivity contribution >= 4 is 16.0 Å². The zero-order valence-corrected chi connectivity index (χ0v) is 12.4. The molecule has 0 aliphatic carbocycles. The molecule has 0 spiro atoms. The third kappa shape index (κ3) is 2.87. The molecule has 1 atom stereocenters. The predicted octanol–water partition coefficient (Wildman–Crippen LogP) is 0.428. The van der Waals surface area contributed by atoms with Gasteiger partial charge >= 0.3 is 5.97 Å². The lowest BCUT2D eigenvalue weighted by Crippen LogP contribution is -2.47. The van der Waals surface area contributed by atoms with E-state index in [2.05, 4.69) is 4.98 Å². The molecule has 8 heteroatoms. The van der Waals surface area contributed by atoms with Gasteiger partial charge in [-0.3, -0.25) is 0 Å². The molecule has 2 rings (SSSR count). The van der Waals surface area contributed by atoms with Gasteiger partial charge in [-0.1, -0.05) is 0 Å². The number of carboxylic acid groups (broad SMARTS) is 1. The summed E-state index contributed by atoms with van der Waals surface area (Å²) in [5.74, 6) is -1.17. The Balaban J connectivity index is 2.22. The quantitative estimate of drug-likeness (QED) is 0.841. The summed E-state index contributed by atoms with van der Waals surface area (Å²) < 4.78 is 26.4. The Hall–Kier alpha value is -1.38. The Morgan fingerprint density at radius 1 is 1.50 bits per heavy atom. The van der Waals surface area contributed by atoms with Crippen molar-refractivity contribution in [1.29, 1.82) is 0 Å². The summed E-state index contributed by atoms with van der Waals surface area (Å²) in [5.41, 5.74) is -0.121. The molecular weight excluding hydrogens is 282 g/mol. The Kier molecular flexibility index (Phi) is 4.17. The summed E-state index contributed by atoms with van der Waals surface area (Å²) in [7, 11) is 0.231. The van der Waals surface area contributed by atoms with Crippen molar-refractivity contribution < 1.29 is 18.3 Å². The van der Waals surface area contributed by atoms with Gasteiger partial charge in [0.25, 0.3) is 0 Å². The van der Waals surface area contributed by atoms with Gasteiger partial charge in [-0.15, -0.1) is 0 Å². The number of aromatic nitrogens is 1. The molecular formula is C12H19N3O4S. The van der Waals surface area contributed by atoms with Gasteiger partial charge in [0.1, 0.15) is 10.6 Å². The van der Waals surface area contributed by atoms with E-state index in [1.54, 1.807) is 0 Å². The molecule has 0 saturated carbocycles. The molecule has 1 aliphatic rings. The van der Waals surface area contributed by atoms with Crippen LogP contribution in [-0.2, 0) is 10.0 Å². The SMILES string of the molecule is CN(C)C1CCCN(S(=O)(=O)c2c[nH]c(C(=O)O)c2)C1. The topological polar surface area (TPSA) is 93.7 Å². The van der Waals surface area contributed by atoms with Crippen molar-refractivity contribution in [3.63, 3.8) is 0 Å². The van der Waals surface area contributed by atoms with Crippen LogP contribution in [0.5, 0.6) is 0 Å². The van der Waals surface area contributed by atoms with Crippen LogP contribution in [0, 0.1) is 0 Å². The number of carbonyl (C=O) groups is 1. The van der Waals surface area contributed by atoms with Crippen LogP contribution in [0.1, 0.15) is 23.3 Å². The summed E-state index contributed by atoms with van der Waals surface area (Å²) in [6.07, 6.45) is 3.00. The highest BCUT2D eigenvalue weighted by Gasteiger charge is 2.31. The standard InChI is InChI=1S/C12H19N3O4S/c1-14(2)9-4-3-5-15(8-9)20(18,19)10-6-11(12(16)17)13-7-10/h6-7,9,13H,3-5,8H2,1-2H3,(H,16,17). The van der Waals surface area contributed by atoms with Gasteiger partial charge in [0.15, 0.2) is 0 Å². The average Bonchev–Trinajstić information content (AvgIpc) is 2.89. The minimum absolute atomic E-state index is 0.00862. The lowest BCUT2D eigenvalue weighted by molar-refractivity contribution is 0.0691. The highest BCUT2D eigenvalue weighted by atomic mass is 32.2. The number of nitrogens with one attached hydrogen (secondary N) is 1. The van der Waals surface area contributed by atoms with Crippen LogP contribution in [0.15, 0.2) is 17.2 Å². The smallest absolute Gasteiger partial charge is 0.352 e. The van der Waals surface area contributed by atoms with E-state index in [-0.39, 0.29) is 16.6 Å². The summed E-state index contributed by atoms with van der Waals surface area (Å²) in [4.78, 5) is 15.3. The van der Waals surface area contributed by atoms with Crippen LogP contribution in [0.4, 0.5) is 0 Å². The van der Waals surface area contributed by atoms with Gasteiger partial charge in [-0.05, 0) is 33.0 Å². The molecule has 1 saturated heterocycles. The fraction of sp³-hybridized carbons (Fsp3) is 0.583. The van der Waals surface area contributed by atoms with Gasteiger partial charge in [-0.25, -0.2) is 13.2 Å². The first kappa shape index (κ1) is 15.0. The van der Waals surface area contributed by atoms with Crippen molar-refractivity contribution in [3.05, 3.63) is 18.0 Å². The molecule has 112 valence electrons. The number of H-pyrrole nitrogens is 1. The highest BCUT2D eigenvalue weighted by molar-refractivity contribution is 7.89. The van der Waals surface area contributed by atoms with E-state index in [1.807, 2.05) is 19.0 Å². The Morgan fingerprint density at radius 2 is 2.20 bits per heavy atom. The number of rotatable bonds is 4. The number of piperidine rings is 1. The molecule has 0 radical (unpaired) electrons. The fourth-order valence-electron chi connectivity index (χ4n) is 2.36. The first-order chi connectivity index (χ1) is 9.32. The first-order valence-electron chi connectivity index (χ1n) is 6.40. The monoisotopic (exact) mass is 301 g/mol. The number of hydrogen-bond acceptors (Lipinski definition) is 4. The van der Waals surface area contributed by atoms with Crippen LogP contribution in [0.25, 0.3) is 0 Å². The molecule has 2 heterocycles. The maximum Gasteiger partial charge on any atom is 0.352 e. The number of likely N-dealkylation sites (N-methyl/N-ethyl adjacent to an activating group) is 1. The third-order valence-corrected chi connectivity index (χ3v) is 5.46. The molecule has 1 fully saturated rings. The molecule has 2 N–H and O–H groups in total. The van der Waals surface area contributed by atoms with Crippen LogP contribution in [-0.4, -0.2) is 66.9 Å². The third-order valence-electron chi connectivity index (χ3n) is 3.61. The van der Waals surface area contributed by atoms with Crippen LogP contribution in [0.3, 0.4) is 0 Å². The van der Waals surface area contributed by atoms with E-state index in [4.69, 9.17) is 5.11 Å². The molecule has 1 aromatic rings. The highest BCUT2D eigenvalue weighted by Crippen LogP contribution is 2.22. The first-order valence-corrected chi connectivity index (χ1v) is 7.84. The van der Waals surface area contributed by atoms with E-state index in [9.17, 15) is 13.2 Å². The van der Waals surface area contributed by atoms with E-state index >= 15 is 0 Å². The molecule has 0 bridgehead atoms. The van der Waals surface area contributed by atoms with Gasteiger partial charge in [0.05, 0.1) is 0 Å². The molecule has 20 heavy (non-hydrogen) atoms. The lowest BCUT2D eigenvalue weighted by atomic mass is 10.1. The second-order valence-electron chi connectivity index (χ2n) is 5.18. The predicted molar refractivity (Wildman–Crippen MR) is 73.2 cm³/mol. The van der Waals surface area contributed by atoms with E-state index < -0.39 is 16.0 Å². The molecule has 1 unspecified atom stereocenters. The number of carboxylic acids is 1. The average molecular weight is 301 g/mol. The minimum atomic E-state index is -3.63. The van der Waals surface area contributed by atoms with E-state index in [1.165, 1.54) is 10.5 Å². The Morgan fingerprint density at radius 3 is 2.75 bits per heavy atom. The van der Waals surface area contributed by atoms with Crippen molar-refractivity contribution in [2.45, 2.75) is 23.8 Å². The second kappa shape index (κ2) is 5.55. The Bertz CT molecular complexity index is 594. The van der Waals surface area contributed by atoms with Gasteiger partial charge < -0.3 is 15.0 Å². The van der Waals surface area contributed by atoms with Crippen LogP contribution < -0.4 is 0 Å². The fourth-order valence-corrected chi connectivity index (χ4v) is 3.87. The summed E-state index contributed by atoms with van der Waals surface area (Å²) >= 11 is 0. The molecule has 0 aromatic carbocycles. The zero-order chi connectivity index (χ0) is 14.9. The largest absolute Gasteiger partial charge is 0.477 e. The van der Waals surface area contributed by atoms with Gasteiger partial charge in [0, 0.05) is 25.3 Å². The van der Waals surface area contributed by atoms with Crippen molar-refractivity contribution in [3.8, 4) is 0 Å². The number of hydrogen-bond donors (Lipinski definition) is 2. The van der Waals surface area contributed by atoms with Gasteiger partial charge in [0.2, 0.25) is 10.0 Å². The van der Waals surface area contributed by atoms with E-state index in [0.29, 0.717) is 13.1 Å². The number of nitrogens with zero attached hydrogens (tertiary/aromatic N) is 2. The molecule has 1 aromatic heterocycles. The lowest BCUT2D eigenvalue weighted by Gasteiger charge is -2.35. The normalized spacial score (nSPS) is 21.2. The van der Waals surface area contributed by atoms with Crippen LogP contribution in [0.2, 0.25) is 0 Å². The number of aromatic carboxylic acids is 1. The Labute approximate surface area is 118 Å². The van der Waals surface area contributed by atoms with Crippen LogP contribution >= 0.6 is 0 Å². The van der Waals surface area contributed by atoms with E-state index in [0.717, 1.165) is 18.9 Å².